The molecule has 148 valence electrons. The Balaban J connectivity index is 1.59. The minimum atomic E-state index is -4.12. The maximum absolute atomic E-state index is 13.0. The number of rotatable bonds is 7. The van der Waals surface area contributed by atoms with E-state index in [1.807, 2.05) is 4.90 Å². The highest BCUT2D eigenvalue weighted by molar-refractivity contribution is 4.85. The van der Waals surface area contributed by atoms with Crippen LogP contribution in [0.5, 0.6) is 0 Å². The van der Waals surface area contributed by atoms with Crippen LogP contribution in [0, 0.1) is 5.92 Å². The number of likely N-dealkylation sites (N-methyl/N-ethyl adjacent to an activating group) is 1. The van der Waals surface area contributed by atoms with Crippen LogP contribution < -0.4 is 0 Å². The van der Waals surface area contributed by atoms with Crippen LogP contribution in [0.15, 0.2) is 0 Å². The predicted molar refractivity (Wildman–Crippen MR) is 94.7 cm³/mol. The van der Waals surface area contributed by atoms with Crippen molar-refractivity contribution in [2.24, 2.45) is 5.92 Å². The summed E-state index contributed by atoms with van der Waals surface area (Å²) in [5.74, 6) is 0.780. The van der Waals surface area contributed by atoms with Gasteiger partial charge in [0.15, 0.2) is 0 Å². The van der Waals surface area contributed by atoms with E-state index in [0.717, 1.165) is 44.7 Å². The molecule has 1 saturated carbocycles. The van der Waals surface area contributed by atoms with E-state index < -0.39 is 12.2 Å². The molecular formula is C19H35F3N2O. The van der Waals surface area contributed by atoms with Gasteiger partial charge in [0.2, 0.25) is 0 Å². The molecule has 0 amide bonds. The smallest absolute Gasteiger partial charge is 0.376 e. The van der Waals surface area contributed by atoms with Crippen LogP contribution in [-0.4, -0.2) is 67.5 Å². The van der Waals surface area contributed by atoms with Gasteiger partial charge in [0.1, 0.15) is 6.04 Å². The third-order valence-corrected chi connectivity index (χ3v) is 5.71. The second kappa shape index (κ2) is 9.56. The number of unbranched alkanes of at least 4 members (excludes halogenated alkanes) is 1. The summed E-state index contributed by atoms with van der Waals surface area (Å²) < 4.78 is 45.0. The molecule has 2 fully saturated rings. The van der Waals surface area contributed by atoms with Crippen molar-refractivity contribution >= 4 is 0 Å². The highest BCUT2D eigenvalue weighted by Gasteiger charge is 2.44. The summed E-state index contributed by atoms with van der Waals surface area (Å²) in [6.45, 7) is 6.36. The van der Waals surface area contributed by atoms with Gasteiger partial charge in [-0.15, -0.1) is 0 Å². The third kappa shape index (κ3) is 7.06. The molecule has 1 heterocycles. The molecule has 1 saturated heterocycles. The number of hydrogen-bond acceptors (Lipinski definition) is 3. The second-order valence-electron chi connectivity index (χ2n) is 8.16. The highest BCUT2D eigenvalue weighted by atomic mass is 19.4. The largest absolute Gasteiger partial charge is 0.405 e. The van der Waals surface area contributed by atoms with Gasteiger partial charge in [-0.3, -0.25) is 4.90 Å². The van der Waals surface area contributed by atoms with Crippen molar-refractivity contribution in [3.63, 3.8) is 0 Å². The van der Waals surface area contributed by atoms with E-state index in [4.69, 9.17) is 4.74 Å². The van der Waals surface area contributed by atoms with E-state index in [2.05, 4.69) is 13.8 Å². The van der Waals surface area contributed by atoms with Crippen LogP contribution in [-0.2, 0) is 4.74 Å². The molecule has 0 aromatic heterocycles. The van der Waals surface area contributed by atoms with Gasteiger partial charge >= 0.3 is 6.18 Å². The van der Waals surface area contributed by atoms with Gasteiger partial charge in [0.05, 0.1) is 12.2 Å². The predicted octanol–water partition coefficient (Wildman–Crippen LogP) is 4.32. The number of halogens is 3. The molecule has 1 aliphatic heterocycles. The zero-order valence-corrected chi connectivity index (χ0v) is 16.0. The number of ether oxygens (including phenoxy) is 1. The fourth-order valence-corrected chi connectivity index (χ4v) is 4.20. The van der Waals surface area contributed by atoms with Crippen LogP contribution in [0.3, 0.4) is 0 Å². The van der Waals surface area contributed by atoms with Crippen molar-refractivity contribution < 1.29 is 17.9 Å². The molecule has 2 rings (SSSR count). The van der Waals surface area contributed by atoms with Crippen LogP contribution in [0.4, 0.5) is 13.2 Å². The molecular weight excluding hydrogens is 329 g/mol. The second-order valence-corrected chi connectivity index (χ2v) is 8.16. The average molecular weight is 364 g/mol. The first-order valence-corrected chi connectivity index (χ1v) is 9.90. The Hall–Kier alpha value is -0.330. The van der Waals surface area contributed by atoms with E-state index >= 15 is 0 Å². The van der Waals surface area contributed by atoms with E-state index in [1.165, 1.54) is 24.2 Å². The number of hydrogen-bond donors (Lipinski definition) is 0. The molecule has 6 heteroatoms. The summed E-state index contributed by atoms with van der Waals surface area (Å²) in [7, 11) is 1.58. The first kappa shape index (κ1) is 21.0. The van der Waals surface area contributed by atoms with Crippen LogP contribution in [0.1, 0.15) is 58.8 Å². The van der Waals surface area contributed by atoms with Gasteiger partial charge in [0.25, 0.3) is 0 Å². The van der Waals surface area contributed by atoms with E-state index in [-0.39, 0.29) is 6.54 Å². The molecule has 0 bridgehead atoms. The number of nitrogens with zero attached hydrogens (tertiary/aromatic N) is 2. The van der Waals surface area contributed by atoms with Crippen LogP contribution >= 0.6 is 0 Å². The van der Waals surface area contributed by atoms with Crippen molar-refractivity contribution in [3.8, 4) is 0 Å². The maximum atomic E-state index is 13.0. The topological polar surface area (TPSA) is 15.7 Å². The lowest BCUT2D eigenvalue weighted by Gasteiger charge is -2.40. The number of piperazine rings is 1. The van der Waals surface area contributed by atoms with E-state index in [1.54, 1.807) is 7.05 Å². The highest BCUT2D eigenvalue weighted by Crippen LogP contribution is 2.31. The van der Waals surface area contributed by atoms with Crippen LogP contribution in [0.2, 0.25) is 0 Å². The van der Waals surface area contributed by atoms with E-state index in [0.29, 0.717) is 18.8 Å². The summed E-state index contributed by atoms with van der Waals surface area (Å²) in [6, 6.07) is -1.31. The molecule has 0 unspecified atom stereocenters. The van der Waals surface area contributed by atoms with Gasteiger partial charge in [-0.1, -0.05) is 12.8 Å². The molecule has 25 heavy (non-hydrogen) atoms. The Bertz CT molecular complexity index is 381. The Kier molecular flexibility index (Phi) is 8.02. The molecule has 3 nitrogen and oxygen atoms in total. The molecule has 0 N–H and O–H groups in total. The molecule has 1 aliphatic carbocycles. The summed E-state index contributed by atoms with van der Waals surface area (Å²) in [5.41, 5.74) is 0. The minimum absolute atomic E-state index is 0.123. The zero-order valence-electron chi connectivity index (χ0n) is 16.0. The monoisotopic (exact) mass is 364 g/mol. The lowest BCUT2D eigenvalue weighted by molar-refractivity contribution is -0.193. The van der Waals surface area contributed by atoms with Gasteiger partial charge in [-0.25, -0.2) is 0 Å². The van der Waals surface area contributed by atoms with Crippen molar-refractivity contribution in [3.05, 3.63) is 0 Å². The lowest BCUT2D eigenvalue weighted by atomic mass is 9.84. The SMILES string of the molecule is CC(C)O[C@H]1CC[C@H](CCCCN2CCN(C)[C@@H](C(F)(F)F)C2)CC1. The average Bonchev–Trinajstić information content (AvgIpc) is 2.53. The summed E-state index contributed by atoms with van der Waals surface area (Å²) in [5, 5.41) is 0. The Labute approximate surface area is 150 Å². The minimum Gasteiger partial charge on any atom is -0.376 e. The molecule has 0 aromatic carbocycles. The standard InChI is InChI=1S/C19H35F3N2O/c1-15(2)25-17-9-7-16(8-10-17)6-4-5-11-24-13-12-23(3)18(14-24)19(20,21)22/h15-18H,4-14H2,1-3H3/t16-,17-,18-/m1/s1. The van der Waals surface area contributed by atoms with Crippen molar-refractivity contribution in [2.45, 2.75) is 83.2 Å². The third-order valence-electron chi connectivity index (χ3n) is 5.71. The van der Waals surface area contributed by atoms with Gasteiger partial charge in [-0.05, 0) is 65.5 Å². The molecule has 1 atom stereocenters. The molecule has 0 radical (unpaired) electrons. The quantitative estimate of drug-likeness (QED) is 0.626. The first-order valence-electron chi connectivity index (χ1n) is 9.90. The summed E-state index contributed by atoms with van der Waals surface area (Å²) in [4.78, 5) is 3.43. The van der Waals surface area contributed by atoms with Crippen LogP contribution in [0.25, 0.3) is 0 Å². The molecule has 2 aliphatic rings. The summed E-state index contributed by atoms with van der Waals surface area (Å²) in [6.07, 6.45) is 4.77. The Morgan fingerprint density at radius 2 is 1.72 bits per heavy atom. The van der Waals surface area contributed by atoms with Crippen molar-refractivity contribution in [1.82, 2.24) is 9.80 Å². The maximum Gasteiger partial charge on any atom is 0.405 e. The van der Waals surface area contributed by atoms with Gasteiger partial charge in [0, 0.05) is 19.6 Å². The Morgan fingerprint density at radius 1 is 1.04 bits per heavy atom. The Morgan fingerprint density at radius 3 is 2.32 bits per heavy atom. The fourth-order valence-electron chi connectivity index (χ4n) is 4.20. The summed E-state index contributed by atoms with van der Waals surface area (Å²) >= 11 is 0. The van der Waals surface area contributed by atoms with Gasteiger partial charge < -0.3 is 9.64 Å². The lowest BCUT2D eigenvalue weighted by Crippen LogP contribution is -2.57. The normalized spacial score (nSPS) is 30.1. The van der Waals surface area contributed by atoms with Gasteiger partial charge in [-0.2, -0.15) is 13.2 Å². The van der Waals surface area contributed by atoms with Crippen molar-refractivity contribution in [1.29, 1.82) is 0 Å². The zero-order chi connectivity index (χ0) is 18.4. The molecule has 0 aromatic rings. The first-order chi connectivity index (χ1) is 11.8. The van der Waals surface area contributed by atoms with Crippen molar-refractivity contribution in [2.75, 3.05) is 33.2 Å². The van der Waals surface area contributed by atoms with E-state index in [9.17, 15) is 13.2 Å². The number of alkyl halides is 3. The molecule has 0 spiro atoms. The fraction of sp³-hybridized carbons (Fsp3) is 1.00.